The van der Waals surface area contributed by atoms with Gasteiger partial charge in [-0.3, -0.25) is 24.0 Å². The molecule has 0 saturated carbocycles. The second-order valence-electron chi connectivity index (χ2n) is 24.4. The van der Waals surface area contributed by atoms with Crippen LogP contribution in [-0.4, -0.2) is 143 Å². The molecular formula is C69H83N9O11. The largest absolute Gasteiger partial charge is 0.459 e. The average molecular weight is 1210 g/mol. The normalized spacial score (nSPS) is 19.8. The third kappa shape index (κ3) is 16.2. The monoisotopic (exact) mass is 1210 g/mol. The van der Waals surface area contributed by atoms with Crippen LogP contribution in [0.3, 0.4) is 0 Å². The first-order valence-electron chi connectivity index (χ1n) is 31.0. The van der Waals surface area contributed by atoms with Gasteiger partial charge in [0.1, 0.15) is 55.1 Å². The van der Waals surface area contributed by atoms with E-state index in [1.54, 1.807) is 27.7 Å². The summed E-state index contributed by atoms with van der Waals surface area (Å²) < 4.78 is 17.1. The van der Waals surface area contributed by atoms with E-state index in [1.807, 2.05) is 147 Å². The molecule has 5 aliphatic rings. The molecule has 0 aromatic heterocycles. The van der Waals surface area contributed by atoms with Crippen molar-refractivity contribution in [2.45, 2.75) is 153 Å². The van der Waals surface area contributed by atoms with E-state index in [2.05, 4.69) is 31.7 Å². The Morgan fingerprint density at radius 3 is 2.09 bits per heavy atom. The fraction of sp³-hybridized carbons (Fsp3) is 0.435. The number of nitrogens with zero attached hydrogens (tertiary/aromatic N) is 4. The number of allylic oxidation sites excluding steroid dienone is 2. The Balaban J connectivity index is 0.933. The van der Waals surface area contributed by atoms with Gasteiger partial charge >= 0.3 is 18.2 Å². The maximum Gasteiger partial charge on any atom is 0.407 e. The van der Waals surface area contributed by atoms with E-state index >= 15 is 19.2 Å². The van der Waals surface area contributed by atoms with Crippen molar-refractivity contribution in [2.24, 2.45) is 16.9 Å². The smallest absolute Gasteiger partial charge is 0.407 e. The number of nitrogens with one attached hydrogen (secondary N) is 5. The van der Waals surface area contributed by atoms with Gasteiger partial charge in [-0.25, -0.2) is 19.4 Å². The Hall–Kier alpha value is -9.07. The lowest BCUT2D eigenvalue weighted by Crippen LogP contribution is -2.61. The summed E-state index contributed by atoms with van der Waals surface area (Å²) in [4.78, 5) is 119. The van der Waals surface area contributed by atoms with Crippen LogP contribution >= 0.6 is 0 Å². The molecule has 20 nitrogen and oxygen atoms in total. The second-order valence-corrected chi connectivity index (χ2v) is 24.4. The molecule has 9 rings (SSSR count). The number of esters is 1. The van der Waals surface area contributed by atoms with E-state index in [-0.39, 0.29) is 76.3 Å². The highest BCUT2D eigenvalue weighted by Gasteiger charge is 2.44. The minimum Gasteiger partial charge on any atom is -0.459 e. The van der Waals surface area contributed by atoms with Crippen LogP contribution in [0.15, 0.2) is 150 Å². The number of amides is 7. The predicted molar refractivity (Wildman–Crippen MR) is 336 cm³/mol. The van der Waals surface area contributed by atoms with Gasteiger partial charge in [0.25, 0.3) is 5.91 Å². The maximum atomic E-state index is 15.2. The van der Waals surface area contributed by atoms with Gasteiger partial charge in [-0.2, -0.15) is 5.10 Å². The van der Waals surface area contributed by atoms with Crippen molar-refractivity contribution < 1.29 is 52.6 Å². The van der Waals surface area contributed by atoms with Crippen LogP contribution in [0.5, 0.6) is 0 Å². The Morgan fingerprint density at radius 1 is 0.742 bits per heavy atom. The Kier molecular flexibility index (Phi) is 21.5. The zero-order valence-electron chi connectivity index (χ0n) is 51.6. The van der Waals surface area contributed by atoms with Gasteiger partial charge in [-0.1, -0.05) is 154 Å². The van der Waals surface area contributed by atoms with Crippen molar-refractivity contribution in [3.05, 3.63) is 168 Å². The second kappa shape index (κ2) is 29.8. The molecule has 4 aromatic carbocycles. The number of carbonyl (C=O) groups excluding carboxylic acids is 8. The Labute approximate surface area is 520 Å². The molecule has 3 aliphatic heterocycles. The molecule has 1 saturated heterocycles. The number of benzene rings is 4. The number of carbonyl (C=O) groups is 8. The van der Waals surface area contributed by atoms with Gasteiger partial charge in [0.05, 0.1) is 6.04 Å². The van der Waals surface area contributed by atoms with Gasteiger partial charge in [0, 0.05) is 51.0 Å². The molecule has 3 unspecified atom stereocenters. The van der Waals surface area contributed by atoms with E-state index in [1.165, 1.54) is 23.1 Å². The van der Waals surface area contributed by atoms with Gasteiger partial charge in [-0.15, -0.1) is 0 Å². The number of hydrogen-bond donors (Lipinski definition) is 5. The van der Waals surface area contributed by atoms with Crippen LogP contribution in [-0.2, 0) is 56.0 Å². The summed E-state index contributed by atoms with van der Waals surface area (Å²) in [7, 11) is 1.49. The minimum atomic E-state index is -1.31. The van der Waals surface area contributed by atoms with Gasteiger partial charge in [0.2, 0.25) is 23.6 Å². The summed E-state index contributed by atoms with van der Waals surface area (Å²) in [5, 5.41) is 20.3. The predicted octanol–water partition coefficient (Wildman–Crippen LogP) is 7.98. The van der Waals surface area contributed by atoms with Crippen molar-refractivity contribution in [2.75, 3.05) is 26.7 Å². The quantitative estimate of drug-likeness (QED) is 0.0255. The van der Waals surface area contributed by atoms with E-state index in [0.717, 1.165) is 44.0 Å². The number of fused-ring (bicyclic) bond motifs is 4. The number of likely N-dealkylation sites (tertiary alicyclic amines) is 1. The molecule has 0 bridgehead atoms. The third-order valence-electron chi connectivity index (χ3n) is 17.1. The molecule has 0 radical (unpaired) electrons. The summed E-state index contributed by atoms with van der Waals surface area (Å²) in [6, 6.07) is 27.2. The van der Waals surface area contributed by atoms with E-state index in [4.69, 9.17) is 14.2 Å². The number of likely N-dealkylation sites (N-methyl/N-ethyl adjacent to an activating group) is 1. The van der Waals surface area contributed by atoms with Crippen LogP contribution in [0, 0.1) is 11.8 Å². The van der Waals surface area contributed by atoms with Crippen LogP contribution in [0.1, 0.15) is 114 Å². The van der Waals surface area contributed by atoms with Gasteiger partial charge < -0.3 is 50.6 Å². The summed E-state index contributed by atoms with van der Waals surface area (Å²) in [6.45, 7) is 9.20. The fourth-order valence-electron chi connectivity index (χ4n) is 12.2. The Bertz CT molecular complexity index is 3280. The third-order valence-corrected chi connectivity index (χ3v) is 17.1. The number of ether oxygens (including phenoxy) is 3. The standard InChI is InChI=1S/C69H83N9O11/c1-7-44(2)60(75-61(79)56(40-47-41-71-54-32-19-18-27-48(47)54)74-68(86)88-43-53-51-30-16-14-28-49(51)50-29-15-17-31-52(50)53)65(83)78-57(34-21-37-72-78)62(80)73-55(33-20-36-70-67(85)89-69(3,4)5)63(81)76(6)59(39-45-23-10-8-11-24-45)64(82)77-38-22-35-58(77)66(84)87-42-46-25-12-9-13-26-46/h8-19,23-32,37,41,44,48,53-60,71H,7,20-22,33-36,38-40,42-43H2,1-6H3,(H,70,85)(H,73,80)(H,74,86)(H,75,79)/t44?,48?,54?,55-,56+,57+,58-,59+,60-/m0/s1. The van der Waals surface area contributed by atoms with Gasteiger partial charge in [-0.05, 0) is 110 Å². The summed E-state index contributed by atoms with van der Waals surface area (Å²) in [6.07, 6.45) is 11.8. The van der Waals surface area contributed by atoms with Crippen molar-refractivity contribution in [3.8, 4) is 11.1 Å². The Morgan fingerprint density at radius 2 is 1.40 bits per heavy atom. The molecule has 9 atom stereocenters. The molecule has 470 valence electrons. The highest BCUT2D eigenvalue weighted by atomic mass is 16.6. The highest BCUT2D eigenvalue weighted by Crippen LogP contribution is 2.44. The van der Waals surface area contributed by atoms with Crippen molar-refractivity contribution in [1.82, 2.24) is 41.4 Å². The molecule has 20 heteroatoms. The zero-order valence-corrected chi connectivity index (χ0v) is 51.6. The first kappa shape index (κ1) is 64.4. The maximum absolute atomic E-state index is 15.2. The van der Waals surface area contributed by atoms with Gasteiger partial charge in [0.15, 0.2) is 0 Å². The number of rotatable bonds is 24. The molecule has 7 amide bonds. The number of alkyl carbamates (subject to hydrolysis) is 2. The minimum absolute atomic E-state index is 0.00607. The molecule has 1 fully saturated rings. The van der Waals surface area contributed by atoms with Crippen LogP contribution in [0.25, 0.3) is 11.1 Å². The first-order chi connectivity index (χ1) is 42.9. The van der Waals surface area contributed by atoms with Crippen molar-refractivity contribution in [3.63, 3.8) is 0 Å². The molecule has 2 aliphatic carbocycles. The molecule has 5 N–H and O–H groups in total. The molecule has 4 aromatic rings. The lowest BCUT2D eigenvalue weighted by atomic mass is 9.87. The topological polar surface area (TPSA) is 246 Å². The van der Waals surface area contributed by atoms with Crippen LogP contribution in [0.2, 0.25) is 0 Å². The van der Waals surface area contributed by atoms with Crippen LogP contribution < -0.4 is 26.6 Å². The van der Waals surface area contributed by atoms with Crippen molar-refractivity contribution in [1.29, 1.82) is 0 Å². The number of hydrogen-bond acceptors (Lipinski definition) is 13. The van der Waals surface area contributed by atoms with Crippen LogP contribution in [0.4, 0.5) is 9.59 Å². The summed E-state index contributed by atoms with van der Waals surface area (Å²) in [5.74, 6) is -4.58. The lowest BCUT2D eigenvalue weighted by molar-refractivity contribution is -0.157. The molecule has 89 heavy (non-hydrogen) atoms. The highest BCUT2D eigenvalue weighted by molar-refractivity contribution is 5.97. The summed E-state index contributed by atoms with van der Waals surface area (Å²) in [5.41, 5.74) is 5.78. The van der Waals surface area contributed by atoms with E-state index < -0.39 is 95.5 Å². The number of hydrazone groups is 1. The lowest BCUT2D eigenvalue weighted by Gasteiger charge is -2.36. The summed E-state index contributed by atoms with van der Waals surface area (Å²) >= 11 is 0. The molecule has 3 heterocycles. The molecular weight excluding hydrogens is 1130 g/mol. The van der Waals surface area contributed by atoms with E-state index in [0.29, 0.717) is 25.7 Å². The average Bonchev–Trinajstić information content (AvgIpc) is 1.74. The zero-order chi connectivity index (χ0) is 63.2. The first-order valence-corrected chi connectivity index (χ1v) is 31.0. The SMILES string of the molecule is CCC(C)[C@H](NC(=O)[C@@H](CC1=CNC2C=CC=CC12)NC(=O)OCC1c2ccccc2-c2ccccc21)C(=O)N1N=CCC[C@@H]1C(=O)N[C@@H](CCCNC(=O)OC(C)(C)C)C(=O)N(C)[C@H](Cc1ccccc1)C(=O)N1CCC[C@H]1C(=O)OCc1ccccc1. The van der Waals surface area contributed by atoms with E-state index in [9.17, 15) is 19.2 Å². The molecule has 0 spiro atoms. The van der Waals surface area contributed by atoms with Crippen molar-refractivity contribution >= 4 is 53.9 Å². The fourth-order valence-corrected chi connectivity index (χ4v) is 12.2.